The number of likely N-dealkylation sites (tertiary alicyclic amines) is 1. The Morgan fingerprint density at radius 3 is 2.60 bits per heavy atom. The molecule has 0 aliphatic carbocycles. The first-order chi connectivity index (χ1) is 16.9. The quantitative estimate of drug-likeness (QED) is 0.373. The monoisotopic (exact) mass is 529 g/mol. The molecule has 1 N–H and O–H groups in total. The van der Waals surface area contributed by atoms with Crippen molar-refractivity contribution in [2.24, 2.45) is 0 Å². The highest BCUT2D eigenvalue weighted by Crippen LogP contribution is 2.30. The molecule has 0 radical (unpaired) electrons. The number of amides is 1. The molecule has 0 unspecified atom stereocenters. The van der Waals surface area contributed by atoms with Gasteiger partial charge in [0.2, 0.25) is 11.0 Å². The van der Waals surface area contributed by atoms with Gasteiger partial charge in [0.05, 0.1) is 15.4 Å². The van der Waals surface area contributed by atoms with E-state index in [1.165, 1.54) is 6.33 Å². The predicted molar refractivity (Wildman–Crippen MR) is 137 cm³/mol. The number of carbonyl (C=O) groups is 1. The Labute approximate surface area is 212 Å². The number of fused-ring (bicyclic) bond motifs is 1. The van der Waals surface area contributed by atoms with E-state index in [-0.39, 0.29) is 15.9 Å². The number of aromatic nitrogens is 3. The second kappa shape index (κ2) is 9.96. The SMILES string of the molecule is O=C(CCn1ccc2cccc(Cl)c21)N1CCC(c2ccc(S(=O)(=O)Nc3ncns3)cc2)CC1. The van der Waals surface area contributed by atoms with E-state index in [4.69, 9.17) is 11.6 Å². The largest absolute Gasteiger partial charge is 0.346 e. The van der Waals surface area contributed by atoms with Gasteiger partial charge in [-0.3, -0.25) is 9.52 Å². The van der Waals surface area contributed by atoms with Crippen LogP contribution in [0.1, 0.15) is 30.7 Å². The number of benzene rings is 2. The van der Waals surface area contributed by atoms with Gasteiger partial charge in [-0.1, -0.05) is 35.9 Å². The summed E-state index contributed by atoms with van der Waals surface area (Å²) in [6.45, 7) is 1.97. The molecule has 182 valence electrons. The lowest BCUT2D eigenvalue weighted by molar-refractivity contribution is -0.132. The van der Waals surface area contributed by atoms with Crippen LogP contribution in [0.15, 0.2) is 66.0 Å². The molecular formula is C24H24ClN5O3S2. The van der Waals surface area contributed by atoms with E-state index < -0.39 is 10.0 Å². The smallest absolute Gasteiger partial charge is 0.263 e. The number of hydrogen-bond donors (Lipinski definition) is 1. The molecule has 0 saturated carbocycles. The fraction of sp³-hybridized carbons (Fsp3) is 0.292. The van der Waals surface area contributed by atoms with Crippen molar-refractivity contribution in [3.8, 4) is 0 Å². The Morgan fingerprint density at radius 1 is 1.11 bits per heavy atom. The lowest BCUT2D eigenvalue weighted by Crippen LogP contribution is -2.38. The van der Waals surface area contributed by atoms with Crippen molar-refractivity contribution in [1.29, 1.82) is 0 Å². The number of nitrogens with zero attached hydrogens (tertiary/aromatic N) is 4. The third-order valence-corrected chi connectivity index (χ3v) is 8.77. The van der Waals surface area contributed by atoms with E-state index in [0.29, 0.717) is 37.0 Å². The zero-order chi connectivity index (χ0) is 24.4. The summed E-state index contributed by atoms with van der Waals surface area (Å²) in [6.07, 6.45) is 5.40. The second-order valence-corrected chi connectivity index (χ2v) is 11.4. The first-order valence-corrected chi connectivity index (χ1v) is 13.9. The fourth-order valence-electron chi connectivity index (χ4n) is 4.55. The van der Waals surface area contributed by atoms with Gasteiger partial charge in [-0.25, -0.2) is 13.4 Å². The fourth-order valence-corrected chi connectivity index (χ4v) is 6.50. The number of carbonyl (C=O) groups excluding carboxylic acids is 1. The van der Waals surface area contributed by atoms with Crippen molar-refractivity contribution in [1.82, 2.24) is 18.8 Å². The summed E-state index contributed by atoms with van der Waals surface area (Å²) in [5.74, 6) is 0.431. The van der Waals surface area contributed by atoms with E-state index in [1.54, 1.807) is 12.1 Å². The molecule has 11 heteroatoms. The number of rotatable bonds is 7. The number of piperidine rings is 1. The van der Waals surface area contributed by atoms with Gasteiger partial charge in [-0.15, -0.1) is 0 Å². The highest BCUT2D eigenvalue weighted by Gasteiger charge is 2.24. The van der Waals surface area contributed by atoms with Crippen LogP contribution in [0.2, 0.25) is 5.02 Å². The molecule has 1 saturated heterocycles. The summed E-state index contributed by atoms with van der Waals surface area (Å²) in [6, 6.07) is 14.8. The van der Waals surface area contributed by atoms with Crippen molar-refractivity contribution in [2.45, 2.75) is 36.6 Å². The van der Waals surface area contributed by atoms with E-state index >= 15 is 0 Å². The maximum Gasteiger partial charge on any atom is 0.263 e. The zero-order valence-corrected chi connectivity index (χ0v) is 21.2. The minimum absolute atomic E-state index is 0.140. The summed E-state index contributed by atoms with van der Waals surface area (Å²) in [7, 11) is -3.70. The number of para-hydroxylation sites is 1. The third-order valence-electron chi connectivity index (χ3n) is 6.40. The van der Waals surface area contributed by atoms with Gasteiger partial charge in [0.15, 0.2) is 0 Å². The molecule has 5 rings (SSSR count). The van der Waals surface area contributed by atoms with Crippen LogP contribution in [0.5, 0.6) is 0 Å². The van der Waals surface area contributed by atoms with Crippen LogP contribution in [-0.2, 0) is 21.4 Å². The summed E-state index contributed by atoms with van der Waals surface area (Å²) in [4.78, 5) is 18.8. The molecule has 1 aliphatic heterocycles. The van der Waals surface area contributed by atoms with Gasteiger partial charge < -0.3 is 9.47 Å². The molecule has 1 fully saturated rings. The van der Waals surface area contributed by atoms with Crippen LogP contribution >= 0.6 is 23.1 Å². The van der Waals surface area contributed by atoms with Crippen molar-refractivity contribution >= 4 is 55.1 Å². The molecule has 0 atom stereocenters. The number of sulfonamides is 1. The Kier molecular flexibility index (Phi) is 6.77. The van der Waals surface area contributed by atoms with Gasteiger partial charge >= 0.3 is 0 Å². The molecular weight excluding hydrogens is 506 g/mol. The lowest BCUT2D eigenvalue weighted by Gasteiger charge is -2.32. The first kappa shape index (κ1) is 23.8. The van der Waals surface area contributed by atoms with Crippen molar-refractivity contribution in [3.63, 3.8) is 0 Å². The molecule has 2 aromatic carbocycles. The summed E-state index contributed by atoms with van der Waals surface area (Å²) in [5, 5.41) is 2.00. The maximum absolute atomic E-state index is 12.8. The van der Waals surface area contributed by atoms with Crippen LogP contribution in [-0.4, -0.2) is 46.2 Å². The normalized spacial score (nSPS) is 14.9. The van der Waals surface area contributed by atoms with Crippen LogP contribution in [0.3, 0.4) is 0 Å². The number of aryl methyl sites for hydroxylation is 1. The van der Waals surface area contributed by atoms with Gasteiger partial charge in [-0.05, 0) is 48.6 Å². The Morgan fingerprint density at radius 2 is 1.89 bits per heavy atom. The summed E-state index contributed by atoms with van der Waals surface area (Å²) in [5.41, 5.74) is 2.05. The zero-order valence-electron chi connectivity index (χ0n) is 18.8. The maximum atomic E-state index is 12.8. The van der Waals surface area contributed by atoms with E-state index in [1.807, 2.05) is 52.1 Å². The van der Waals surface area contributed by atoms with Crippen molar-refractivity contribution in [2.75, 3.05) is 17.8 Å². The number of nitrogens with one attached hydrogen (secondary N) is 1. The highest BCUT2D eigenvalue weighted by atomic mass is 35.5. The molecule has 0 spiro atoms. The number of hydrogen-bond acceptors (Lipinski definition) is 6. The van der Waals surface area contributed by atoms with Gasteiger partial charge in [0.25, 0.3) is 10.0 Å². The molecule has 0 bridgehead atoms. The molecule has 1 amide bonds. The average Bonchev–Trinajstić information content (AvgIpc) is 3.53. The van der Waals surface area contributed by atoms with Gasteiger partial charge in [-0.2, -0.15) is 4.37 Å². The molecule has 35 heavy (non-hydrogen) atoms. The molecule has 1 aliphatic rings. The molecule has 2 aromatic heterocycles. The van der Waals surface area contributed by atoms with Gasteiger partial charge in [0.1, 0.15) is 6.33 Å². The molecule has 3 heterocycles. The van der Waals surface area contributed by atoms with E-state index in [0.717, 1.165) is 40.8 Å². The Hall–Kier alpha value is -2.95. The lowest BCUT2D eigenvalue weighted by atomic mass is 9.89. The molecule has 4 aromatic rings. The predicted octanol–water partition coefficient (Wildman–Crippen LogP) is 4.74. The summed E-state index contributed by atoms with van der Waals surface area (Å²) < 4.78 is 33.3. The Bertz CT molecular complexity index is 1430. The topological polar surface area (TPSA) is 97.2 Å². The van der Waals surface area contributed by atoms with Crippen LogP contribution in [0.4, 0.5) is 5.13 Å². The number of anilines is 1. The highest BCUT2D eigenvalue weighted by molar-refractivity contribution is 7.93. The summed E-state index contributed by atoms with van der Waals surface area (Å²) >= 11 is 7.34. The van der Waals surface area contributed by atoms with Crippen LogP contribution < -0.4 is 4.72 Å². The molecule has 8 nitrogen and oxygen atoms in total. The van der Waals surface area contributed by atoms with Crippen molar-refractivity contribution in [3.05, 3.63) is 71.6 Å². The minimum Gasteiger partial charge on any atom is -0.346 e. The third kappa shape index (κ3) is 5.19. The van der Waals surface area contributed by atoms with Crippen LogP contribution in [0.25, 0.3) is 10.9 Å². The van der Waals surface area contributed by atoms with Crippen LogP contribution in [0, 0.1) is 0 Å². The minimum atomic E-state index is -3.70. The Balaban J connectivity index is 1.15. The average molecular weight is 530 g/mol. The second-order valence-electron chi connectivity index (χ2n) is 8.51. The number of halogens is 1. The van der Waals surface area contributed by atoms with E-state index in [9.17, 15) is 13.2 Å². The standard InChI is InChI=1S/C24H24ClN5O3S2/c25-21-3-1-2-19-10-14-30(23(19)21)15-11-22(31)29-12-8-18(9-13-29)17-4-6-20(7-5-17)35(32,33)28-24-26-16-27-34-24/h1-7,10,14,16,18H,8-9,11-13,15H2,(H,26,27,28). The van der Waals surface area contributed by atoms with Gasteiger partial charge in [0, 0.05) is 49.2 Å². The van der Waals surface area contributed by atoms with E-state index in [2.05, 4.69) is 14.1 Å². The first-order valence-electron chi connectivity index (χ1n) is 11.3. The van der Waals surface area contributed by atoms with Crippen molar-refractivity contribution < 1.29 is 13.2 Å².